The first-order chi connectivity index (χ1) is 19.0. The number of nitrogens with zero attached hydrogens (tertiary/aromatic N) is 2. The second kappa shape index (κ2) is 9.72. The first-order valence-electron chi connectivity index (χ1n) is 12.0. The molecule has 0 unspecified atom stereocenters. The van der Waals surface area contributed by atoms with Gasteiger partial charge in [-0.3, -0.25) is 0 Å². The molecule has 0 fully saturated rings. The first kappa shape index (κ1) is 26.7. The molecule has 0 atom stereocenters. The molecular weight excluding hydrogens is 535 g/mol. The van der Waals surface area contributed by atoms with Gasteiger partial charge in [0.05, 0.1) is 24.6 Å². The van der Waals surface area contributed by atoms with Crippen LogP contribution in [0.5, 0.6) is 0 Å². The van der Waals surface area contributed by atoms with Crippen LogP contribution in [-0.4, -0.2) is 36.3 Å². The molecule has 0 saturated heterocycles. The number of pyridine rings is 1. The number of hydrogen-bond donors (Lipinski definition) is 0. The molecule has 1 heterocycles. The van der Waals surface area contributed by atoms with Crippen molar-refractivity contribution in [3.8, 4) is 28.5 Å². The summed E-state index contributed by atoms with van der Waals surface area (Å²) in [6, 6.07) is 9.81. The van der Waals surface area contributed by atoms with Crippen LogP contribution in [0.15, 0.2) is 53.6 Å². The summed E-state index contributed by atoms with van der Waals surface area (Å²) < 4.78 is 81.4. The third kappa shape index (κ3) is 4.12. The molecule has 0 N–H and O–H groups in total. The maximum absolute atomic E-state index is 14.4. The van der Waals surface area contributed by atoms with Crippen LogP contribution in [0.2, 0.25) is 0 Å². The van der Waals surface area contributed by atoms with Crippen LogP contribution in [0.25, 0.3) is 33.5 Å². The third-order valence-corrected chi connectivity index (χ3v) is 6.43. The Morgan fingerprint density at radius 3 is 1.93 bits per heavy atom. The number of hydrogen-bond acceptors (Lipinski definition) is 6. The van der Waals surface area contributed by atoms with E-state index in [-0.39, 0.29) is 63.6 Å². The van der Waals surface area contributed by atoms with Crippen molar-refractivity contribution in [1.29, 1.82) is 5.26 Å². The third-order valence-electron chi connectivity index (χ3n) is 6.43. The summed E-state index contributed by atoms with van der Waals surface area (Å²) in [6.07, 6.45) is -5.20. The zero-order valence-corrected chi connectivity index (χ0v) is 20.9. The number of alkyl halides is 3. The SMILES string of the molecule is CCOC(=O)/C(C#N)=C1/c2cc(F)ccc2-c2nc3c(cc21)-c1ccc(F)cc1/C3=C(\C(=O)OCC)C(F)(F)F. The van der Waals surface area contributed by atoms with Crippen LogP contribution < -0.4 is 0 Å². The minimum absolute atomic E-state index is 0.0109. The fourth-order valence-electron chi connectivity index (χ4n) is 4.96. The molecule has 0 aliphatic heterocycles. The van der Waals surface area contributed by atoms with Crippen LogP contribution in [0.1, 0.15) is 36.2 Å². The Bertz CT molecular complexity index is 1730. The lowest BCUT2D eigenvalue weighted by atomic mass is 9.97. The number of halogens is 5. The summed E-state index contributed by atoms with van der Waals surface area (Å²) >= 11 is 0. The predicted octanol–water partition coefficient (Wildman–Crippen LogP) is 6.14. The Balaban J connectivity index is 1.92. The van der Waals surface area contributed by atoms with Crippen molar-refractivity contribution < 1.29 is 41.0 Å². The maximum atomic E-state index is 14.4. The predicted molar refractivity (Wildman–Crippen MR) is 132 cm³/mol. The molecule has 202 valence electrons. The van der Waals surface area contributed by atoms with Crippen molar-refractivity contribution >= 4 is 23.1 Å². The van der Waals surface area contributed by atoms with Gasteiger partial charge in [0.25, 0.3) is 0 Å². The van der Waals surface area contributed by atoms with Gasteiger partial charge in [-0.2, -0.15) is 18.4 Å². The fourth-order valence-corrected chi connectivity index (χ4v) is 4.96. The van der Waals surface area contributed by atoms with E-state index in [1.165, 1.54) is 32.0 Å². The monoisotopic (exact) mass is 552 g/mol. The highest BCUT2D eigenvalue weighted by Crippen LogP contribution is 2.53. The Hall–Kier alpha value is -4.85. The molecule has 6 nitrogen and oxygen atoms in total. The van der Waals surface area contributed by atoms with Crippen molar-refractivity contribution in [2.45, 2.75) is 20.0 Å². The number of aromatic nitrogens is 1. The van der Waals surface area contributed by atoms with Gasteiger partial charge in [0, 0.05) is 27.8 Å². The van der Waals surface area contributed by atoms with Crippen LogP contribution in [0.3, 0.4) is 0 Å². The average molecular weight is 552 g/mol. The lowest BCUT2D eigenvalue weighted by molar-refractivity contribution is -0.150. The average Bonchev–Trinajstić information content (AvgIpc) is 3.34. The topological polar surface area (TPSA) is 89.3 Å². The smallest absolute Gasteiger partial charge is 0.424 e. The van der Waals surface area contributed by atoms with Crippen LogP contribution in [0, 0.1) is 23.0 Å². The molecule has 3 aromatic rings. The number of benzene rings is 2. The van der Waals surface area contributed by atoms with E-state index in [4.69, 9.17) is 9.47 Å². The van der Waals surface area contributed by atoms with Gasteiger partial charge in [-0.15, -0.1) is 0 Å². The Morgan fingerprint density at radius 1 is 0.775 bits per heavy atom. The Kier molecular flexibility index (Phi) is 6.50. The van der Waals surface area contributed by atoms with Crippen LogP contribution >= 0.6 is 0 Å². The molecule has 40 heavy (non-hydrogen) atoms. The highest BCUT2D eigenvalue weighted by atomic mass is 19.4. The summed E-state index contributed by atoms with van der Waals surface area (Å²) in [6.45, 7) is 2.49. The van der Waals surface area contributed by atoms with E-state index in [2.05, 4.69) is 4.98 Å². The quantitative estimate of drug-likeness (QED) is 0.115. The number of nitriles is 1. The summed E-state index contributed by atoms with van der Waals surface area (Å²) in [7, 11) is 0. The number of rotatable bonds is 4. The fraction of sp³-hybridized carbons (Fsp3) is 0.172. The molecule has 0 spiro atoms. The molecular formula is C29H17F5N2O4. The van der Waals surface area contributed by atoms with Crippen molar-refractivity contribution in [2.75, 3.05) is 13.2 Å². The molecule has 0 bridgehead atoms. The van der Waals surface area contributed by atoms with E-state index in [0.29, 0.717) is 0 Å². The van der Waals surface area contributed by atoms with E-state index in [1.54, 1.807) is 6.07 Å². The number of fused-ring (bicyclic) bond motifs is 6. The maximum Gasteiger partial charge on any atom is 0.424 e. The lowest BCUT2D eigenvalue weighted by Crippen LogP contribution is -2.24. The van der Waals surface area contributed by atoms with Crippen molar-refractivity contribution in [3.05, 3.63) is 87.6 Å². The highest BCUT2D eigenvalue weighted by Gasteiger charge is 2.46. The number of carbonyl (C=O) groups excluding carboxylic acids is 2. The van der Waals surface area contributed by atoms with Gasteiger partial charge in [-0.25, -0.2) is 23.4 Å². The molecule has 11 heteroatoms. The van der Waals surface area contributed by atoms with E-state index in [0.717, 1.165) is 24.3 Å². The normalized spacial score (nSPS) is 15.3. The summed E-state index contributed by atoms with van der Waals surface area (Å²) in [4.78, 5) is 29.8. The highest BCUT2D eigenvalue weighted by molar-refractivity contribution is 6.15. The zero-order valence-electron chi connectivity index (χ0n) is 20.9. The van der Waals surface area contributed by atoms with Gasteiger partial charge in [0.1, 0.15) is 23.3 Å². The molecule has 2 aliphatic carbocycles. The van der Waals surface area contributed by atoms with Gasteiger partial charge in [-0.05, 0) is 66.9 Å². The molecule has 5 rings (SSSR count). The largest absolute Gasteiger partial charge is 0.462 e. The first-order valence-corrected chi connectivity index (χ1v) is 12.0. The molecule has 0 radical (unpaired) electrons. The summed E-state index contributed by atoms with van der Waals surface area (Å²) in [5.74, 6) is -4.18. The molecule has 1 aromatic heterocycles. The van der Waals surface area contributed by atoms with Gasteiger partial charge >= 0.3 is 18.1 Å². The van der Waals surface area contributed by atoms with Gasteiger partial charge in [0.2, 0.25) is 0 Å². The zero-order chi connectivity index (χ0) is 28.9. The van der Waals surface area contributed by atoms with Crippen molar-refractivity contribution in [3.63, 3.8) is 0 Å². The van der Waals surface area contributed by atoms with Gasteiger partial charge in [-0.1, -0.05) is 6.07 Å². The molecule has 0 saturated carbocycles. The van der Waals surface area contributed by atoms with E-state index in [1.807, 2.05) is 0 Å². The van der Waals surface area contributed by atoms with Crippen LogP contribution in [0.4, 0.5) is 22.0 Å². The van der Waals surface area contributed by atoms with Gasteiger partial charge < -0.3 is 9.47 Å². The minimum atomic E-state index is -5.20. The Morgan fingerprint density at radius 2 is 1.35 bits per heavy atom. The van der Waals surface area contributed by atoms with E-state index in [9.17, 15) is 36.8 Å². The van der Waals surface area contributed by atoms with E-state index < -0.39 is 46.5 Å². The van der Waals surface area contributed by atoms with E-state index >= 15 is 0 Å². The molecule has 0 amide bonds. The van der Waals surface area contributed by atoms with Crippen LogP contribution in [-0.2, 0) is 19.1 Å². The lowest BCUT2D eigenvalue weighted by Gasteiger charge is -2.15. The molecule has 2 aromatic carbocycles. The molecule has 2 aliphatic rings. The van der Waals surface area contributed by atoms with Crippen molar-refractivity contribution in [1.82, 2.24) is 4.98 Å². The second-order valence-electron chi connectivity index (χ2n) is 8.71. The standard InChI is InChI=1S/C29H17F5N2O4/c1-3-39-27(37)21(12-35)22-18-10-14(31)6-8-16(18)25-20(22)11-19-15-7-5-13(30)9-17(15)23(26(19)36-25)24(29(32,33)34)28(38)40-4-2/h5-11H,3-4H2,1-2H3/b22-21-,24-23-. The van der Waals surface area contributed by atoms with Crippen molar-refractivity contribution in [2.24, 2.45) is 0 Å². The van der Waals surface area contributed by atoms with Gasteiger partial charge in [0.15, 0.2) is 5.57 Å². The number of carbonyl (C=O) groups is 2. The number of ether oxygens (including phenoxy) is 2. The summed E-state index contributed by atoms with van der Waals surface area (Å²) in [5.41, 5.74) is -2.57. The second-order valence-corrected chi connectivity index (χ2v) is 8.71. The minimum Gasteiger partial charge on any atom is -0.462 e. The number of esters is 2. The Labute approximate surface area is 224 Å². The summed E-state index contributed by atoms with van der Waals surface area (Å²) in [5, 5.41) is 9.85.